The molecule has 2 saturated heterocycles. The molecule has 2 aliphatic rings. The summed E-state index contributed by atoms with van der Waals surface area (Å²) in [5.74, 6) is 1.63. The summed E-state index contributed by atoms with van der Waals surface area (Å²) in [4.78, 5) is 23.0. The largest absolute Gasteiger partial charge is 0.445 e. The molecule has 4 rings (SSSR count). The summed E-state index contributed by atoms with van der Waals surface area (Å²) in [7, 11) is 0. The quantitative estimate of drug-likeness (QED) is 0.898. The highest BCUT2D eigenvalue weighted by Crippen LogP contribution is 2.31. The number of rotatable bonds is 3. The van der Waals surface area contributed by atoms with E-state index >= 15 is 0 Å². The van der Waals surface area contributed by atoms with E-state index in [1.54, 1.807) is 4.90 Å². The molecule has 2 fully saturated rings. The fraction of sp³-hybridized carbons (Fsp3) is 0.600. The van der Waals surface area contributed by atoms with E-state index < -0.39 is 0 Å². The maximum atomic E-state index is 12.9. The molecule has 1 N–H and O–H groups in total. The van der Waals surface area contributed by atoms with Crippen LogP contribution in [0.3, 0.4) is 0 Å². The van der Waals surface area contributed by atoms with Crippen LogP contribution in [0.2, 0.25) is 0 Å². The fourth-order valence-corrected chi connectivity index (χ4v) is 3.07. The summed E-state index contributed by atoms with van der Waals surface area (Å²) >= 11 is 0. The lowest BCUT2D eigenvalue weighted by atomic mass is 10.1. The summed E-state index contributed by atoms with van der Waals surface area (Å²) in [6.45, 7) is 3.82. The standard InChI is InChI=1S/C15H19N5O4/c1-9-17-14(19-18-9)11-7-20(4-6-23-11)15(21)12-13(24-8-16-12)10-3-2-5-22-10/h8,10-11H,2-7H2,1H3,(H,17,18,19)/t10-,11-/m1/s1. The number of hydrogen-bond acceptors (Lipinski definition) is 7. The van der Waals surface area contributed by atoms with E-state index in [0.717, 1.165) is 12.8 Å². The van der Waals surface area contributed by atoms with Gasteiger partial charge in [-0.15, -0.1) is 0 Å². The van der Waals surface area contributed by atoms with Crippen LogP contribution in [0.15, 0.2) is 10.8 Å². The number of oxazole rings is 1. The molecule has 0 saturated carbocycles. The lowest BCUT2D eigenvalue weighted by Crippen LogP contribution is -2.43. The van der Waals surface area contributed by atoms with Gasteiger partial charge in [-0.25, -0.2) is 9.97 Å². The van der Waals surface area contributed by atoms with Gasteiger partial charge in [0.05, 0.1) is 13.2 Å². The first-order valence-electron chi connectivity index (χ1n) is 8.07. The van der Waals surface area contributed by atoms with Gasteiger partial charge in [0.15, 0.2) is 23.7 Å². The van der Waals surface area contributed by atoms with Crippen molar-refractivity contribution in [1.29, 1.82) is 0 Å². The topological polar surface area (TPSA) is 106 Å². The highest BCUT2D eigenvalue weighted by atomic mass is 16.5. The Hall–Kier alpha value is -2.26. The van der Waals surface area contributed by atoms with Crippen LogP contribution in [0.1, 0.15) is 52.9 Å². The summed E-state index contributed by atoms with van der Waals surface area (Å²) in [6.07, 6.45) is 2.59. The molecule has 0 aromatic carbocycles. The smallest absolute Gasteiger partial charge is 0.276 e. The van der Waals surface area contributed by atoms with E-state index in [1.165, 1.54) is 6.39 Å². The average molecular weight is 333 g/mol. The number of H-pyrrole nitrogens is 1. The Kier molecular flexibility index (Phi) is 4.03. The van der Waals surface area contributed by atoms with Crippen molar-refractivity contribution in [1.82, 2.24) is 25.1 Å². The minimum Gasteiger partial charge on any atom is -0.445 e. The molecular weight excluding hydrogens is 314 g/mol. The number of nitrogens with one attached hydrogen (secondary N) is 1. The van der Waals surface area contributed by atoms with Crippen LogP contribution in [-0.4, -0.2) is 57.3 Å². The Bertz CT molecular complexity index is 721. The number of aryl methyl sites for hydroxylation is 1. The second-order valence-electron chi connectivity index (χ2n) is 5.96. The normalized spacial score (nSPS) is 24.5. The number of ether oxygens (including phenoxy) is 2. The molecule has 9 heteroatoms. The van der Waals surface area contributed by atoms with E-state index in [1.807, 2.05) is 6.92 Å². The third-order valence-electron chi connectivity index (χ3n) is 4.28. The van der Waals surface area contributed by atoms with Gasteiger partial charge in [-0.1, -0.05) is 0 Å². The van der Waals surface area contributed by atoms with Gasteiger partial charge in [-0.3, -0.25) is 9.89 Å². The molecule has 1 amide bonds. The van der Waals surface area contributed by atoms with Crippen LogP contribution < -0.4 is 0 Å². The molecule has 0 spiro atoms. The van der Waals surface area contributed by atoms with Crippen molar-refractivity contribution < 1.29 is 18.7 Å². The van der Waals surface area contributed by atoms with Gasteiger partial charge in [-0.2, -0.15) is 5.10 Å². The molecule has 24 heavy (non-hydrogen) atoms. The van der Waals surface area contributed by atoms with Crippen molar-refractivity contribution in [2.75, 3.05) is 26.3 Å². The molecule has 2 atom stereocenters. The zero-order valence-electron chi connectivity index (χ0n) is 13.4. The number of carbonyl (C=O) groups is 1. The predicted octanol–water partition coefficient (Wildman–Crippen LogP) is 1.17. The molecule has 0 unspecified atom stereocenters. The predicted molar refractivity (Wildman–Crippen MR) is 80.1 cm³/mol. The van der Waals surface area contributed by atoms with Gasteiger partial charge >= 0.3 is 0 Å². The van der Waals surface area contributed by atoms with Crippen LogP contribution in [0.25, 0.3) is 0 Å². The fourth-order valence-electron chi connectivity index (χ4n) is 3.07. The zero-order valence-corrected chi connectivity index (χ0v) is 13.4. The molecule has 2 aromatic heterocycles. The molecule has 0 aliphatic carbocycles. The van der Waals surface area contributed by atoms with E-state index in [0.29, 0.717) is 49.4 Å². The molecule has 0 bridgehead atoms. The lowest BCUT2D eigenvalue weighted by molar-refractivity contribution is -0.0270. The summed E-state index contributed by atoms with van der Waals surface area (Å²) in [6, 6.07) is 0. The number of hydrogen-bond donors (Lipinski definition) is 1. The van der Waals surface area contributed by atoms with Gasteiger partial charge in [0, 0.05) is 13.2 Å². The first-order valence-corrected chi connectivity index (χ1v) is 8.07. The van der Waals surface area contributed by atoms with Gasteiger partial charge in [0.25, 0.3) is 5.91 Å². The second-order valence-corrected chi connectivity index (χ2v) is 5.96. The molecule has 0 radical (unpaired) electrons. The van der Waals surface area contributed by atoms with Crippen LogP contribution in [-0.2, 0) is 9.47 Å². The summed E-state index contributed by atoms with van der Waals surface area (Å²) in [5.41, 5.74) is 0.328. The van der Waals surface area contributed by atoms with Gasteiger partial charge in [-0.05, 0) is 19.8 Å². The zero-order chi connectivity index (χ0) is 16.5. The van der Waals surface area contributed by atoms with Crippen molar-refractivity contribution >= 4 is 5.91 Å². The molecule has 2 aliphatic heterocycles. The van der Waals surface area contributed by atoms with Crippen LogP contribution >= 0.6 is 0 Å². The number of aromatic amines is 1. The van der Waals surface area contributed by atoms with Crippen LogP contribution in [0.4, 0.5) is 0 Å². The minimum atomic E-state index is -0.342. The number of nitrogens with zero attached hydrogens (tertiary/aromatic N) is 4. The van der Waals surface area contributed by atoms with Gasteiger partial charge in [0.2, 0.25) is 0 Å². The van der Waals surface area contributed by atoms with Crippen molar-refractivity contribution in [2.45, 2.75) is 32.0 Å². The molecule has 4 heterocycles. The van der Waals surface area contributed by atoms with Crippen LogP contribution in [0.5, 0.6) is 0 Å². The highest BCUT2D eigenvalue weighted by Gasteiger charge is 2.33. The number of morpholine rings is 1. The average Bonchev–Trinajstić information content (AvgIpc) is 3.34. The Labute approximate surface area is 138 Å². The molecular formula is C15H19N5O4. The Morgan fingerprint density at radius 1 is 1.33 bits per heavy atom. The lowest BCUT2D eigenvalue weighted by Gasteiger charge is -2.31. The molecule has 9 nitrogen and oxygen atoms in total. The van der Waals surface area contributed by atoms with Crippen molar-refractivity contribution in [3.05, 3.63) is 29.5 Å². The Balaban J connectivity index is 1.51. The summed E-state index contributed by atoms with van der Waals surface area (Å²) < 4.78 is 16.7. The third-order valence-corrected chi connectivity index (χ3v) is 4.28. The van der Waals surface area contributed by atoms with Gasteiger partial charge < -0.3 is 18.8 Å². The van der Waals surface area contributed by atoms with E-state index in [2.05, 4.69) is 20.2 Å². The van der Waals surface area contributed by atoms with Crippen molar-refractivity contribution in [3.63, 3.8) is 0 Å². The first kappa shape index (κ1) is 15.3. The summed E-state index contributed by atoms with van der Waals surface area (Å²) in [5, 5.41) is 6.92. The minimum absolute atomic E-state index is 0.171. The Morgan fingerprint density at radius 3 is 2.96 bits per heavy atom. The molecule has 128 valence electrons. The monoisotopic (exact) mass is 333 g/mol. The SMILES string of the molecule is Cc1nc([C@H]2CN(C(=O)c3ncoc3[C@H]3CCCO3)CCO2)n[nH]1. The second kappa shape index (κ2) is 6.33. The third kappa shape index (κ3) is 2.80. The van der Waals surface area contributed by atoms with Crippen molar-refractivity contribution in [3.8, 4) is 0 Å². The molecule has 2 aromatic rings. The van der Waals surface area contributed by atoms with Crippen LogP contribution in [0, 0.1) is 6.92 Å². The Morgan fingerprint density at radius 2 is 2.21 bits per heavy atom. The number of aromatic nitrogens is 4. The highest BCUT2D eigenvalue weighted by molar-refractivity contribution is 5.93. The maximum absolute atomic E-state index is 12.9. The van der Waals surface area contributed by atoms with Gasteiger partial charge in [0.1, 0.15) is 18.0 Å². The maximum Gasteiger partial charge on any atom is 0.276 e. The number of carbonyl (C=O) groups excluding carboxylic acids is 1. The van der Waals surface area contributed by atoms with E-state index in [4.69, 9.17) is 13.9 Å². The van der Waals surface area contributed by atoms with E-state index in [9.17, 15) is 4.79 Å². The van der Waals surface area contributed by atoms with Crippen molar-refractivity contribution in [2.24, 2.45) is 0 Å². The van der Waals surface area contributed by atoms with E-state index in [-0.39, 0.29) is 18.1 Å². The number of amides is 1. The first-order chi connectivity index (χ1) is 11.7.